The SMILES string of the molecule is COCCNC(=O)c1cnc(Nc2cc(COc3ccc(NC(=O)Nc4cc(C(C)(C)C)nn4-c4ccc(C)s4)c4ccccc34)ccn2)cn1. The van der Waals surface area contributed by atoms with Crippen molar-refractivity contribution in [2.24, 2.45) is 0 Å². The number of benzene rings is 2. The maximum Gasteiger partial charge on any atom is 0.324 e. The number of fused-ring (bicyclic) bond motifs is 1. The number of hydrogen-bond acceptors (Lipinski definition) is 10. The molecule has 0 aliphatic rings. The number of urea groups is 1. The number of nitrogens with zero attached hydrogens (tertiary/aromatic N) is 5. The fraction of sp³-hybridized carbons (Fsp3) is 0.243. The highest BCUT2D eigenvalue weighted by Crippen LogP contribution is 2.33. The molecule has 2 aromatic carbocycles. The molecule has 6 rings (SSSR count). The van der Waals surface area contributed by atoms with Crippen LogP contribution in [0, 0.1) is 6.92 Å². The van der Waals surface area contributed by atoms with E-state index in [9.17, 15) is 9.59 Å². The highest BCUT2D eigenvalue weighted by molar-refractivity contribution is 7.14. The fourth-order valence-corrected chi connectivity index (χ4v) is 5.94. The number of thiophene rings is 1. The number of rotatable bonds is 12. The van der Waals surface area contributed by atoms with Crippen LogP contribution in [-0.2, 0) is 16.8 Å². The van der Waals surface area contributed by atoms with E-state index < -0.39 is 0 Å². The van der Waals surface area contributed by atoms with Crippen LogP contribution in [0.2, 0.25) is 0 Å². The van der Waals surface area contributed by atoms with Crippen molar-refractivity contribution in [1.29, 1.82) is 0 Å². The van der Waals surface area contributed by atoms with Crippen molar-refractivity contribution in [3.05, 3.63) is 107 Å². The number of aryl methyl sites for hydroxylation is 1. The Hall–Kier alpha value is -5.86. The second-order valence-electron chi connectivity index (χ2n) is 12.7. The van der Waals surface area contributed by atoms with E-state index in [4.69, 9.17) is 14.6 Å². The van der Waals surface area contributed by atoms with Crippen LogP contribution in [0.5, 0.6) is 5.75 Å². The molecule has 0 bridgehead atoms. The van der Waals surface area contributed by atoms with E-state index in [0.717, 1.165) is 31.9 Å². The minimum absolute atomic E-state index is 0.198. The molecular weight excluding hydrogens is 667 g/mol. The lowest BCUT2D eigenvalue weighted by Crippen LogP contribution is -2.27. The normalized spacial score (nSPS) is 11.3. The Labute approximate surface area is 299 Å². The molecule has 262 valence electrons. The third kappa shape index (κ3) is 8.66. The molecule has 0 unspecified atom stereocenters. The number of carbonyl (C=O) groups excluding carboxylic acids is 2. The predicted molar refractivity (Wildman–Crippen MR) is 200 cm³/mol. The second kappa shape index (κ2) is 15.4. The van der Waals surface area contributed by atoms with Crippen molar-refractivity contribution >= 4 is 57.2 Å². The zero-order valence-electron chi connectivity index (χ0n) is 29.0. The van der Waals surface area contributed by atoms with Crippen molar-refractivity contribution < 1.29 is 19.1 Å². The predicted octanol–water partition coefficient (Wildman–Crippen LogP) is 7.22. The smallest absolute Gasteiger partial charge is 0.324 e. The van der Waals surface area contributed by atoms with Crippen molar-refractivity contribution in [3.8, 4) is 10.8 Å². The average Bonchev–Trinajstić information content (AvgIpc) is 3.74. The Morgan fingerprint density at radius 3 is 2.45 bits per heavy atom. The molecule has 3 amide bonds. The van der Waals surface area contributed by atoms with Gasteiger partial charge in [0.25, 0.3) is 5.91 Å². The molecule has 0 spiro atoms. The Kier molecular flexibility index (Phi) is 10.5. The van der Waals surface area contributed by atoms with E-state index in [1.54, 1.807) is 29.3 Å². The van der Waals surface area contributed by atoms with Gasteiger partial charge in [0.2, 0.25) is 0 Å². The van der Waals surface area contributed by atoms with Crippen molar-refractivity contribution in [1.82, 2.24) is 30.0 Å². The van der Waals surface area contributed by atoms with E-state index in [1.165, 1.54) is 12.4 Å². The topological polar surface area (TPSA) is 157 Å². The molecule has 13 nitrogen and oxygen atoms in total. The maximum atomic E-state index is 13.4. The second-order valence-corrected chi connectivity index (χ2v) is 14.0. The summed E-state index contributed by atoms with van der Waals surface area (Å²) in [5, 5.41) is 19.3. The molecule has 6 aromatic rings. The van der Waals surface area contributed by atoms with E-state index in [0.29, 0.717) is 42.0 Å². The lowest BCUT2D eigenvalue weighted by molar-refractivity contribution is 0.0931. The number of aromatic nitrogens is 5. The zero-order valence-corrected chi connectivity index (χ0v) is 29.8. The zero-order chi connectivity index (χ0) is 36.0. The number of hydrogen-bond donors (Lipinski definition) is 4. The first-order chi connectivity index (χ1) is 24.6. The molecule has 0 aliphatic heterocycles. The third-order valence-electron chi connectivity index (χ3n) is 7.74. The molecule has 4 heterocycles. The van der Waals surface area contributed by atoms with E-state index in [1.807, 2.05) is 73.7 Å². The molecule has 0 fully saturated rings. The van der Waals surface area contributed by atoms with Crippen LogP contribution in [0.25, 0.3) is 15.8 Å². The monoisotopic (exact) mass is 705 g/mol. The third-order valence-corrected chi connectivity index (χ3v) is 8.71. The lowest BCUT2D eigenvalue weighted by atomic mass is 9.92. The van der Waals surface area contributed by atoms with E-state index >= 15 is 0 Å². The summed E-state index contributed by atoms with van der Waals surface area (Å²) in [4.78, 5) is 39.6. The number of methoxy groups -OCH3 is 1. The van der Waals surface area contributed by atoms with Gasteiger partial charge < -0.3 is 25.4 Å². The lowest BCUT2D eigenvalue weighted by Gasteiger charge is -2.14. The number of nitrogens with one attached hydrogen (secondary N) is 4. The summed E-state index contributed by atoms with van der Waals surface area (Å²) in [6.45, 7) is 9.37. The Balaban J connectivity index is 1.12. The molecule has 0 saturated heterocycles. The molecular formula is C37H39N9O4S. The largest absolute Gasteiger partial charge is 0.488 e. The Morgan fingerprint density at radius 1 is 0.902 bits per heavy atom. The molecule has 0 radical (unpaired) electrons. The van der Waals surface area contributed by atoms with Gasteiger partial charge in [-0.25, -0.2) is 24.4 Å². The summed E-state index contributed by atoms with van der Waals surface area (Å²) in [6.07, 6.45) is 4.54. The first-order valence-electron chi connectivity index (χ1n) is 16.3. The molecule has 0 atom stereocenters. The highest BCUT2D eigenvalue weighted by Gasteiger charge is 2.22. The molecule has 51 heavy (non-hydrogen) atoms. The van der Waals surface area contributed by atoms with Crippen LogP contribution in [0.15, 0.2) is 85.3 Å². The Bertz CT molecular complexity index is 2160. The minimum Gasteiger partial charge on any atom is -0.488 e. The quantitative estimate of drug-likeness (QED) is 0.0965. The van der Waals surface area contributed by atoms with Crippen LogP contribution in [-0.4, -0.2) is 56.9 Å². The van der Waals surface area contributed by atoms with Crippen LogP contribution >= 0.6 is 11.3 Å². The van der Waals surface area contributed by atoms with Gasteiger partial charge in [-0.2, -0.15) is 5.10 Å². The van der Waals surface area contributed by atoms with Crippen LogP contribution < -0.4 is 26.0 Å². The number of carbonyl (C=O) groups is 2. The van der Waals surface area contributed by atoms with Gasteiger partial charge in [-0.3, -0.25) is 10.1 Å². The Morgan fingerprint density at radius 2 is 1.73 bits per heavy atom. The molecule has 4 aromatic heterocycles. The van der Waals surface area contributed by atoms with E-state index in [-0.39, 0.29) is 29.7 Å². The minimum atomic E-state index is -0.384. The van der Waals surface area contributed by atoms with Crippen LogP contribution in [0.3, 0.4) is 0 Å². The van der Waals surface area contributed by atoms with Gasteiger partial charge >= 0.3 is 6.03 Å². The van der Waals surface area contributed by atoms with Gasteiger partial charge in [0.05, 0.1) is 30.4 Å². The van der Waals surface area contributed by atoms with Gasteiger partial charge in [0.1, 0.15) is 40.5 Å². The van der Waals surface area contributed by atoms with Gasteiger partial charge in [0.15, 0.2) is 0 Å². The summed E-state index contributed by atoms with van der Waals surface area (Å²) in [6, 6.07) is 20.7. The molecule has 4 N–H and O–H groups in total. The van der Waals surface area contributed by atoms with Crippen molar-refractivity contribution in [2.45, 2.75) is 39.7 Å². The molecule has 14 heteroatoms. The molecule has 0 saturated carbocycles. The maximum absolute atomic E-state index is 13.4. The van der Waals surface area contributed by atoms with Crippen molar-refractivity contribution in [3.63, 3.8) is 0 Å². The van der Waals surface area contributed by atoms with Gasteiger partial charge in [-0.05, 0) is 48.9 Å². The van der Waals surface area contributed by atoms with Gasteiger partial charge in [-0.15, -0.1) is 11.3 Å². The standard InChI is InChI=1S/C37H39N9O4S/c1-23-10-13-34(51-23)46-33(19-30(45-46)37(2,3)4)44-36(48)42-27-11-12-29(26-9-7-6-8-25(26)27)50-22-24-14-15-38-31(18-24)43-32-21-40-28(20-41-32)35(47)39-16-17-49-5/h6-15,18-21H,16-17,22H2,1-5H3,(H,39,47)(H,38,41,43)(H2,42,44,48). The van der Waals surface area contributed by atoms with Gasteiger partial charge in [-0.1, -0.05) is 45.0 Å². The fourth-order valence-electron chi connectivity index (χ4n) is 5.11. The van der Waals surface area contributed by atoms with Crippen LogP contribution in [0.1, 0.15) is 47.4 Å². The highest BCUT2D eigenvalue weighted by atomic mass is 32.1. The summed E-state index contributed by atoms with van der Waals surface area (Å²) < 4.78 is 13.0. The number of ether oxygens (including phenoxy) is 2. The van der Waals surface area contributed by atoms with Crippen LogP contribution in [0.4, 0.5) is 27.9 Å². The average molecular weight is 706 g/mol. The number of amides is 3. The summed E-state index contributed by atoms with van der Waals surface area (Å²) in [5.74, 6) is 1.90. The van der Waals surface area contributed by atoms with Gasteiger partial charge in [0, 0.05) is 47.0 Å². The summed E-state index contributed by atoms with van der Waals surface area (Å²) in [7, 11) is 1.57. The molecule has 0 aliphatic carbocycles. The van der Waals surface area contributed by atoms with E-state index in [2.05, 4.69) is 57.0 Å². The number of anilines is 4. The first-order valence-corrected chi connectivity index (χ1v) is 17.1. The van der Waals surface area contributed by atoms with Crippen molar-refractivity contribution in [2.75, 3.05) is 36.2 Å². The number of pyridine rings is 1. The summed E-state index contributed by atoms with van der Waals surface area (Å²) in [5.41, 5.74) is 2.38. The summed E-state index contributed by atoms with van der Waals surface area (Å²) >= 11 is 1.61. The first kappa shape index (κ1) is 35.0.